The molecule has 1 aromatic carbocycles. The van der Waals surface area contributed by atoms with Crippen LogP contribution in [0.15, 0.2) is 42.6 Å². The number of rotatable bonds is 6. The van der Waals surface area contributed by atoms with Gasteiger partial charge < -0.3 is 5.32 Å². The Labute approximate surface area is 182 Å². The van der Waals surface area contributed by atoms with Gasteiger partial charge in [0.2, 0.25) is 0 Å². The van der Waals surface area contributed by atoms with Crippen LogP contribution in [0.5, 0.6) is 0 Å². The Bertz CT molecular complexity index is 1240. The average molecular weight is 417 g/mol. The van der Waals surface area contributed by atoms with Crippen molar-refractivity contribution in [3.8, 4) is 11.3 Å². The number of carbonyl (C=O) groups excluding carboxylic acids is 1. The number of aromatic nitrogens is 5. The van der Waals surface area contributed by atoms with Crippen molar-refractivity contribution < 1.29 is 4.79 Å². The highest BCUT2D eigenvalue weighted by atomic mass is 16.1. The van der Waals surface area contributed by atoms with Crippen LogP contribution >= 0.6 is 0 Å². The van der Waals surface area contributed by atoms with E-state index < -0.39 is 0 Å². The maximum atomic E-state index is 13.3. The molecule has 0 bridgehead atoms. The maximum absolute atomic E-state index is 13.3. The lowest BCUT2D eigenvalue weighted by atomic mass is 10.0. The molecule has 7 heteroatoms. The molecule has 3 aromatic heterocycles. The summed E-state index contributed by atoms with van der Waals surface area (Å²) in [5.74, 6) is -0.129. The molecule has 0 unspecified atom stereocenters. The predicted molar refractivity (Wildman–Crippen MR) is 122 cm³/mol. The average Bonchev–Trinajstić information content (AvgIpc) is 3.30. The van der Waals surface area contributed by atoms with E-state index >= 15 is 0 Å². The molecule has 1 atom stereocenters. The molecular formula is C24H28N6O. The quantitative estimate of drug-likeness (QED) is 0.514. The van der Waals surface area contributed by atoms with Crippen LogP contribution in [0.3, 0.4) is 0 Å². The first-order valence-corrected chi connectivity index (χ1v) is 10.6. The number of hydrogen-bond donors (Lipinski definition) is 1. The Kier molecular flexibility index (Phi) is 5.59. The van der Waals surface area contributed by atoms with Gasteiger partial charge in [0.15, 0.2) is 5.65 Å². The Morgan fingerprint density at radius 2 is 1.84 bits per heavy atom. The highest BCUT2D eigenvalue weighted by Gasteiger charge is 2.21. The van der Waals surface area contributed by atoms with Crippen LogP contribution in [0, 0.1) is 20.8 Å². The van der Waals surface area contributed by atoms with Crippen LogP contribution < -0.4 is 5.32 Å². The van der Waals surface area contributed by atoms with E-state index in [1.807, 2.05) is 67.5 Å². The summed E-state index contributed by atoms with van der Waals surface area (Å²) in [7, 11) is 0. The van der Waals surface area contributed by atoms with Crippen molar-refractivity contribution in [2.75, 3.05) is 0 Å². The highest BCUT2D eigenvalue weighted by Crippen LogP contribution is 2.27. The van der Waals surface area contributed by atoms with E-state index in [1.54, 1.807) is 0 Å². The maximum Gasteiger partial charge on any atom is 0.252 e. The Balaban J connectivity index is 1.73. The van der Waals surface area contributed by atoms with Gasteiger partial charge in [0, 0.05) is 24.3 Å². The lowest BCUT2D eigenvalue weighted by Gasteiger charge is -2.15. The minimum Gasteiger partial charge on any atom is -0.348 e. The van der Waals surface area contributed by atoms with Gasteiger partial charge in [-0.05, 0) is 46.8 Å². The number of carbonyl (C=O) groups is 1. The zero-order chi connectivity index (χ0) is 22.1. The van der Waals surface area contributed by atoms with Gasteiger partial charge in [-0.25, -0.2) is 9.67 Å². The molecular weight excluding hydrogens is 388 g/mol. The van der Waals surface area contributed by atoms with E-state index in [0.29, 0.717) is 18.7 Å². The third kappa shape index (κ3) is 4.21. The summed E-state index contributed by atoms with van der Waals surface area (Å²) in [5, 5.41) is 12.9. The second kappa shape index (κ2) is 8.34. The van der Waals surface area contributed by atoms with E-state index in [4.69, 9.17) is 4.98 Å². The minimum absolute atomic E-state index is 0.0839. The van der Waals surface area contributed by atoms with Crippen molar-refractivity contribution in [3.05, 3.63) is 65.1 Å². The summed E-state index contributed by atoms with van der Waals surface area (Å²) >= 11 is 0. The van der Waals surface area contributed by atoms with E-state index in [-0.39, 0.29) is 11.9 Å². The lowest BCUT2D eigenvalue weighted by molar-refractivity contribution is 0.0937. The molecule has 0 radical (unpaired) electrons. The van der Waals surface area contributed by atoms with Crippen molar-refractivity contribution in [2.45, 2.75) is 53.8 Å². The Hall–Kier alpha value is -3.48. The first-order valence-electron chi connectivity index (χ1n) is 10.6. The van der Waals surface area contributed by atoms with Crippen LogP contribution in [0.25, 0.3) is 22.3 Å². The van der Waals surface area contributed by atoms with E-state index in [0.717, 1.165) is 33.7 Å². The molecule has 1 N–H and O–H groups in total. The van der Waals surface area contributed by atoms with Gasteiger partial charge in [-0.3, -0.25) is 9.48 Å². The number of hydrogen-bond acceptors (Lipinski definition) is 4. The van der Waals surface area contributed by atoms with Crippen molar-refractivity contribution in [1.29, 1.82) is 0 Å². The summed E-state index contributed by atoms with van der Waals surface area (Å²) in [6.45, 7) is 11.2. The number of aryl methyl sites for hydroxylation is 4. The fourth-order valence-electron chi connectivity index (χ4n) is 3.82. The third-order valence-electron chi connectivity index (χ3n) is 5.38. The molecule has 4 aromatic rings. The topological polar surface area (TPSA) is 77.6 Å². The largest absolute Gasteiger partial charge is 0.348 e. The third-order valence-corrected chi connectivity index (χ3v) is 5.38. The normalized spacial score (nSPS) is 12.3. The smallest absolute Gasteiger partial charge is 0.252 e. The van der Waals surface area contributed by atoms with E-state index in [1.165, 1.54) is 5.56 Å². The van der Waals surface area contributed by atoms with Gasteiger partial charge in [-0.15, -0.1) is 0 Å². The molecule has 0 fully saturated rings. The van der Waals surface area contributed by atoms with Crippen LogP contribution in [0.1, 0.15) is 41.2 Å². The Morgan fingerprint density at radius 1 is 1.10 bits per heavy atom. The lowest BCUT2D eigenvalue weighted by Crippen LogP contribution is -2.36. The number of nitrogens with one attached hydrogen (secondary N) is 1. The summed E-state index contributed by atoms with van der Waals surface area (Å²) < 4.78 is 3.70. The van der Waals surface area contributed by atoms with Crippen LogP contribution in [0.4, 0.5) is 0 Å². The second-order valence-electron chi connectivity index (χ2n) is 8.07. The summed E-state index contributed by atoms with van der Waals surface area (Å²) in [6, 6.07) is 11.9. The zero-order valence-electron chi connectivity index (χ0n) is 18.7. The van der Waals surface area contributed by atoms with Crippen molar-refractivity contribution >= 4 is 16.9 Å². The molecule has 0 aliphatic rings. The summed E-state index contributed by atoms with van der Waals surface area (Å²) in [5.41, 5.74) is 6.02. The SMILES string of the molecule is CCn1nc(C)c2c(C(=O)N[C@@H](C)Cn3ccc(C)n3)cc(-c3ccc(C)cc3)nc21. The van der Waals surface area contributed by atoms with Crippen molar-refractivity contribution in [3.63, 3.8) is 0 Å². The van der Waals surface area contributed by atoms with Crippen molar-refractivity contribution in [1.82, 2.24) is 29.9 Å². The molecule has 4 rings (SSSR count). The predicted octanol–water partition coefficient (Wildman–Crippen LogP) is 4.06. The van der Waals surface area contributed by atoms with Crippen LogP contribution in [-0.2, 0) is 13.1 Å². The van der Waals surface area contributed by atoms with Gasteiger partial charge in [0.25, 0.3) is 5.91 Å². The summed E-state index contributed by atoms with van der Waals surface area (Å²) in [6.07, 6.45) is 1.92. The van der Waals surface area contributed by atoms with Crippen LogP contribution in [-0.4, -0.2) is 36.5 Å². The number of fused-ring (bicyclic) bond motifs is 1. The van der Waals surface area contributed by atoms with Gasteiger partial charge in [0.1, 0.15) is 0 Å². The molecule has 160 valence electrons. The molecule has 0 aliphatic carbocycles. The number of pyridine rings is 1. The monoisotopic (exact) mass is 416 g/mol. The molecule has 0 saturated carbocycles. The van der Waals surface area contributed by atoms with Gasteiger partial charge in [-0.1, -0.05) is 29.8 Å². The first kappa shape index (κ1) is 20.8. The molecule has 1 amide bonds. The highest BCUT2D eigenvalue weighted by molar-refractivity contribution is 6.07. The molecule has 31 heavy (non-hydrogen) atoms. The first-order chi connectivity index (χ1) is 14.9. The zero-order valence-corrected chi connectivity index (χ0v) is 18.7. The fourth-order valence-corrected chi connectivity index (χ4v) is 3.82. The number of amides is 1. The van der Waals surface area contributed by atoms with Gasteiger partial charge in [-0.2, -0.15) is 10.2 Å². The van der Waals surface area contributed by atoms with Crippen LogP contribution in [0.2, 0.25) is 0 Å². The van der Waals surface area contributed by atoms with E-state index in [2.05, 4.69) is 34.6 Å². The minimum atomic E-state index is -0.129. The molecule has 0 saturated heterocycles. The van der Waals surface area contributed by atoms with Gasteiger partial charge >= 0.3 is 0 Å². The molecule has 0 aliphatic heterocycles. The Morgan fingerprint density at radius 3 is 2.48 bits per heavy atom. The number of benzene rings is 1. The molecule has 3 heterocycles. The van der Waals surface area contributed by atoms with Crippen molar-refractivity contribution in [2.24, 2.45) is 0 Å². The fraction of sp³-hybridized carbons (Fsp3) is 0.333. The molecule has 7 nitrogen and oxygen atoms in total. The van der Waals surface area contributed by atoms with Gasteiger partial charge in [0.05, 0.1) is 34.6 Å². The van der Waals surface area contributed by atoms with E-state index in [9.17, 15) is 4.79 Å². The summed E-state index contributed by atoms with van der Waals surface area (Å²) in [4.78, 5) is 18.2. The molecule has 0 spiro atoms. The number of nitrogens with zero attached hydrogens (tertiary/aromatic N) is 5. The second-order valence-corrected chi connectivity index (χ2v) is 8.07. The standard InChI is InChI=1S/C24H28N6O/c1-6-30-23-22(18(5)28-30)20(13-21(26-23)19-9-7-15(2)8-10-19)24(31)25-17(4)14-29-12-11-16(3)27-29/h7-13,17H,6,14H2,1-5H3,(H,25,31)/t17-/m0/s1.